The molecule has 2 aromatic rings. The van der Waals surface area contributed by atoms with E-state index in [9.17, 15) is 8.42 Å². The Hall–Kier alpha value is -1.63. The van der Waals surface area contributed by atoms with Crippen molar-refractivity contribution in [2.24, 2.45) is 5.92 Å². The molecule has 1 fully saturated rings. The van der Waals surface area contributed by atoms with Gasteiger partial charge in [-0.15, -0.1) is 11.3 Å². The lowest BCUT2D eigenvalue weighted by molar-refractivity contribution is 0.412. The Kier molecular flexibility index (Phi) is 4.81. The highest BCUT2D eigenvalue weighted by Gasteiger charge is 2.39. The molecular formula is C22H26N2O2S2. The van der Waals surface area contributed by atoms with Crippen molar-refractivity contribution in [1.29, 1.82) is 0 Å². The third-order valence-electron chi connectivity index (χ3n) is 6.42. The molecule has 0 bridgehead atoms. The van der Waals surface area contributed by atoms with Gasteiger partial charge in [-0.1, -0.05) is 37.5 Å². The van der Waals surface area contributed by atoms with E-state index in [2.05, 4.69) is 39.7 Å². The van der Waals surface area contributed by atoms with Gasteiger partial charge in [-0.2, -0.15) is 0 Å². The van der Waals surface area contributed by atoms with Gasteiger partial charge in [0.25, 0.3) is 0 Å². The van der Waals surface area contributed by atoms with Crippen LogP contribution in [0.1, 0.15) is 60.9 Å². The van der Waals surface area contributed by atoms with Crippen LogP contribution in [0.15, 0.2) is 52.8 Å². The molecule has 148 valence electrons. The summed E-state index contributed by atoms with van der Waals surface area (Å²) in [5.74, 6) is 0.712. The zero-order valence-electron chi connectivity index (χ0n) is 15.8. The predicted molar refractivity (Wildman–Crippen MR) is 114 cm³/mol. The number of rotatable bonds is 4. The lowest BCUT2D eigenvalue weighted by Crippen LogP contribution is -2.36. The van der Waals surface area contributed by atoms with Crippen LogP contribution in [0.5, 0.6) is 0 Å². The van der Waals surface area contributed by atoms with Gasteiger partial charge in [-0.05, 0) is 60.4 Å². The first kappa shape index (κ1) is 18.4. The summed E-state index contributed by atoms with van der Waals surface area (Å²) in [6, 6.07) is 10.3. The minimum absolute atomic E-state index is 0.0789. The highest BCUT2D eigenvalue weighted by molar-refractivity contribution is 7.89. The van der Waals surface area contributed by atoms with Crippen molar-refractivity contribution in [2.45, 2.75) is 61.4 Å². The molecule has 0 amide bonds. The lowest BCUT2D eigenvalue weighted by Gasteiger charge is -2.37. The van der Waals surface area contributed by atoms with E-state index in [0.717, 1.165) is 43.4 Å². The van der Waals surface area contributed by atoms with Gasteiger partial charge in [0.1, 0.15) is 0 Å². The van der Waals surface area contributed by atoms with Crippen LogP contribution >= 0.6 is 11.3 Å². The Morgan fingerprint density at radius 1 is 1.11 bits per heavy atom. The Bertz CT molecular complexity index is 976. The normalized spacial score (nSPS) is 27.2. The monoisotopic (exact) mass is 414 g/mol. The summed E-state index contributed by atoms with van der Waals surface area (Å²) in [6.07, 6.45) is 10.9. The summed E-state index contributed by atoms with van der Waals surface area (Å²) in [7, 11) is -3.48. The molecule has 3 unspecified atom stereocenters. The highest BCUT2D eigenvalue weighted by atomic mass is 32.2. The first-order chi connectivity index (χ1) is 13.6. The number of thiophene rings is 1. The van der Waals surface area contributed by atoms with Crippen molar-refractivity contribution in [2.75, 3.05) is 5.32 Å². The second kappa shape index (κ2) is 7.32. The quantitative estimate of drug-likeness (QED) is 0.677. The molecule has 1 aromatic heterocycles. The highest BCUT2D eigenvalue weighted by Crippen LogP contribution is 2.50. The average Bonchev–Trinajstić information content (AvgIpc) is 3.40. The largest absolute Gasteiger partial charge is 0.377 e. The molecule has 0 radical (unpaired) electrons. The van der Waals surface area contributed by atoms with E-state index in [1.54, 1.807) is 17.4 Å². The molecule has 0 saturated heterocycles. The molecule has 2 N–H and O–H groups in total. The number of allylic oxidation sites excluding steroid dienone is 2. The van der Waals surface area contributed by atoms with Crippen LogP contribution < -0.4 is 10.0 Å². The fraction of sp³-hybridized carbons (Fsp3) is 0.455. The summed E-state index contributed by atoms with van der Waals surface area (Å²) in [5, 5.41) is 5.81. The molecule has 1 aliphatic heterocycles. The summed E-state index contributed by atoms with van der Waals surface area (Å²) in [5.41, 5.74) is 2.17. The third kappa shape index (κ3) is 3.31. The first-order valence-corrected chi connectivity index (χ1v) is 12.6. The number of hydrogen-bond acceptors (Lipinski definition) is 4. The Balaban J connectivity index is 1.45. The Labute approximate surface area is 171 Å². The standard InChI is InChI=1S/C22H26N2O2S2/c25-28(26,24-15-6-2-1-3-7-15)16-11-12-20-19(14-16)17-8-4-9-18(17)22(23-20)21-10-5-13-27-21/h4-5,8,10-15,17-18,22-24H,1-3,6-7,9H2. The molecule has 3 aliphatic rings. The van der Waals surface area contributed by atoms with Crippen LogP contribution in [0.4, 0.5) is 5.69 Å². The maximum atomic E-state index is 13.0. The first-order valence-electron chi connectivity index (χ1n) is 10.2. The van der Waals surface area contributed by atoms with Gasteiger partial charge in [-0.3, -0.25) is 0 Å². The van der Waals surface area contributed by atoms with Gasteiger partial charge in [0.05, 0.1) is 10.9 Å². The maximum Gasteiger partial charge on any atom is 0.240 e. The maximum absolute atomic E-state index is 13.0. The zero-order chi connectivity index (χ0) is 19.1. The number of benzene rings is 1. The van der Waals surface area contributed by atoms with Gasteiger partial charge in [0.2, 0.25) is 10.0 Å². The van der Waals surface area contributed by atoms with Crippen molar-refractivity contribution in [1.82, 2.24) is 4.72 Å². The van der Waals surface area contributed by atoms with Crippen molar-refractivity contribution >= 4 is 27.0 Å². The van der Waals surface area contributed by atoms with Crippen LogP contribution in [0, 0.1) is 5.92 Å². The fourth-order valence-corrected chi connectivity index (χ4v) is 7.19. The molecule has 2 aliphatic carbocycles. The summed E-state index contributed by atoms with van der Waals surface area (Å²) >= 11 is 1.78. The van der Waals surface area contributed by atoms with Crippen molar-refractivity contribution in [3.05, 3.63) is 58.3 Å². The van der Waals surface area contributed by atoms with Crippen LogP contribution in [-0.4, -0.2) is 14.5 Å². The van der Waals surface area contributed by atoms with Gasteiger partial charge in [0.15, 0.2) is 0 Å². The second-order valence-corrected chi connectivity index (χ2v) is 10.9. The topological polar surface area (TPSA) is 58.2 Å². The smallest absolute Gasteiger partial charge is 0.240 e. The zero-order valence-corrected chi connectivity index (χ0v) is 17.4. The minimum Gasteiger partial charge on any atom is -0.377 e. The van der Waals surface area contributed by atoms with E-state index in [0.29, 0.717) is 10.8 Å². The molecule has 4 nitrogen and oxygen atoms in total. The molecule has 1 aromatic carbocycles. The molecular weight excluding hydrogens is 388 g/mol. The summed E-state index contributed by atoms with van der Waals surface area (Å²) in [4.78, 5) is 1.74. The van der Waals surface area contributed by atoms with Crippen LogP contribution in [-0.2, 0) is 10.0 Å². The second-order valence-electron chi connectivity index (χ2n) is 8.20. The van der Waals surface area contributed by atoms with E-state index in [1.807, 2.05) is 12.1 Å². The minimum atomic E-state index is -3.48. The number of nitrogens with one attached hydrogen (secondary N) is 2. The molecule has 28 heavy (non-hydrogen) atoms. The molecule has 1 saturated carbocycles. The fourth-order valence-electron chi connectivity index (χ4n) is 5.00. The van der Waals surface area contributed by atoms with Crippen molar-refractivity contribution in [3.63, 3.8) is 0 Å². The Morgan fingerprint density at radius 2 is 1.96 bits per heavy atom. The SMILES string of the molecule is O=S(=O)(NC1CCCCC1)c1ccc2c(c1)C1C=CCC1C(c1cccs1)N2. The van der Waals surface area contributed by atoms with Crippen LogP contribution in [0.25, 0.3) is 0 Å². The number of hydrogen-bond donors (Lipinski definition) is 2. The van der Waals surface area contributed by atoms with Crippen molar-refractivity contribution in [3.8, 4) is 0 Å². The number of sulfonamides is 1. The van der Waals surface area contributed by atoms with Gasteiger partial charge >= 0.3 is 0 Å². The van der Waals surface area contributed by atoms with E-state index >= 15 is 0 Å². The third-order valence-corrected chi connectivity index (χ3v) is 8.89. The summed E-state index contributed by atoms with van der Waals surface area (Å²) in [6.45, 7) is 0. The van der Waals surface area contributed by atoms with Crippen LogP contribution in [0.2, 0.25) is 0 Å². The molecule has 6 heteroatoms. The predicted octanol–water partition coefficient (Wildman–Crippen LogP) is 5.19. The van der Waals surface area contributed by atoms with E-state index in [4.69, 9.17) is 0 Å². The van der Waals surface area contributed by atoms with Gasteiger partial charge in [0, 0.05) is 22.5 Å². The van der Waals surface area contributed by atoms with Gasteiger partial charge in [-0.25, -0.2) is 13.1 Å². The van der Waals surface area contributed by atoms with E-state index in [1.165, 1.54) is 11.3 Å². The van der Waals surface area contributed by atoms with Gasteiger partial charge < -0.3 is 5.32 Å². The van der Waals surface area contributed by atoms with E-state index in [-0.39, 0.29) is 18.0 Å². The molecule has 0 spiro atoms. The molecule has 2 heterocycles. The number of fused-ring (bicyclic) bond motifs is 3. The van der Waals surface area contributed by atoms with E-state index < -0.39 is 10.0 Å². The molecule has 5 rings (SSSR count). The lowest BCUT2D eigenvalue weighted by atomic mass is 9.79. The molecule has 3 atom stereocenters. The van der Waals surface area contributed by atoms with Crippen LogP contribution in [0.3, 0.4) is 0 Å². The number of anilines is 1. The van der Waals surface area contributed by atoms with Crippen molar-refractivity contribution < 1.29 is 8.42 Å². The summed E-state index contributed by atoms with van der Waals surface area (Å²) < 4.78 is 28.9. The Morgan fingerprint density at radius 3 is 2.75 bits per heavy atom. The average molecular weight is 415 g/mol.